The van der Waals surface area contributed by atoms with E-state index in [-0.39, 0.29) is 47.9 Å². The van der Waals surface area contributed by atoms with Gasteiger partial charge in [0.05, 0.1) is 10.6 Å². The van der Waals surface area contributed by atoms with Crippen molar-refractivity contribution in [1.82, 2.24) is 9.97 Å². The van der Waals surface area contributed by atoms with Crippen LogP contribution in [0, 0.1) is 22.8 Å². The molecule has 4 nitrogen and oxygen atoms in total. The fraction of sp³-hybridized carbons (Fsp3) is 0.444. The Labute approximate surface area is 324 Å². The van der Waals surface area contributed by atoms with Crippen LogP contribution in [0.1, 0.15) is 113 Å². The zero-order valence-electron chi connectivity index (χ0n) is 32.5. The molecule has 0 fully saturated rings. The molecule has 3 aromatic carbocycles. The van der Waals surface area contributed by atoms with Crippen molar-refractivity contribution in [1.29, 1.82) is 0 Å². The van der Waals surface area contributed by atoms with E-state index in [9.17, 15) is 9.90 Å². The number of benzene rings is 3. The minimum atomic E-state index is -0.337. The fourth-order valence-electron chi connectivity index (χ4n) is 6.11. The van der Waals surface area contributed by atoms with Crippen molar-refractivity contribution in [2.75, 3.05) is 0 Å². The van der Waals surface area contributed by atoms with E-state index in [4.69, 9.17) is 0 Å². The molecular weight excluding hydrogens is 825 g/mol. The second-order valence-electron chi connectivity index (χ2n) is 15.7. The van der Waals surface area contributed by atoms with Crippen molar-refractivity contribution < 1.29 is 30.0 Å². The Bertz CT molecular complexity index is 1960. The molecule has 0 aliphatic rings. The number of thiophene rings is 1. The van der Waals surface area contributed by atoms with Gasteiger partial charge in [-0.2, -0.15) is 0 Å². The van der Waals surface area contributed by atoms with Gasteiger partial charge in [-0.3, -0.25) is 9.78 Å². The first kappa shape index (κ1) is 42.2. The molecule has 0 unspecified atom stereocenters. The summed E-state index contributed by atoms with van der Waals surface area (Å²) in [7, 11) is 0. The van der Waals surface area contributed by atoms with Gasteiger partial charge < -0.3 is 5.11 Å². The van der Waals surface area contributed by atoms with Gasteiger partial charge in [0.2, 0.25) is 0 Å². The fourth-order valence-corrected chi connectivity index (χ4v) is 7.21. The third-order valence-electron chi connectivity index (χ3n) is 10.6. The number of nitrogens with zero attached hydrogens (tertiary/aromatic N) is 2. The van der Waals surface area contributed by atoms with E-state index in [1.807, 2.05) is 41.5 Å². The monoisotopic (exact) mass is 882 g/mol. The molecule has 5 rings (SSSR count). The molecule has 0 aliphatic carbocycles. The molecular formula is C45H57IrN2O2S-. The average molecular weight is 882 g/mol. The van der Waals surface area contributed by atoms with Crippen molar-refractivity contribution in [3.05, 3.63) is 96.0 Å². The Hall–Kier alpha value is -3.18. The van der Waals surface area contributed by atoms with E-state index >= 15 is 0 Å². The summed E-state index contributed by atoms with van der Waals surface area (Å²) in [5.41, 5.74) is 5.02. The normalized spacial score (nSPS) is 12.5. The van der Waals surface area contributed by atoms with Gasteiger partial charge in [0, 0.05) is 47.4 Å². The van der Waals surface area contributed by atoms with Crippen molar-refractivity contribution in [2.24, 2.45) is 16.7 Å². The Balaban J connectivity index is 0.000000335. The number of ketones is 1. The summed E-state index contributed by atoms with van der Waals surface area (Å²) in [5, 5.41) is 13.8. The molecule has 0 spiro atoms. The Morgan fingerprint density at radius 2 is 1.47 bits per heavy atom. The number of fused-ring (bicyclic) bond motifs is 2. The van der Waals surface area contributed by atoms with Crippen molar-refractivity contribution >= 4 is 38.0 Å². The van der Waals surface area contributed by atoms with Crippen LogP contribution in [0.4, 0.5) is 0 Å². The summed E-state index contributed by atoms with van der Waals surface area (Å²) < 4.78 is 1.32. The number of carbonyl (C=O) groups is 1. The van der Waals surface area contributed by atoms with Crippen LogP contribution in [0.15, 0.2) is 78.8 Å². The van der Waals surface area contributed by atoms with Gasteiger partial charge in [-0.25, -0.2) is 4.98 Å². The predicted molar refractivity (Wildman–Crippen MR) is 215 cm³/mol. The van der Waals surface area contributed by atoms with Gasteiger partial charge in [-0.15, -0.1) is 40.5 Å². The summed E-state index contributed by atoms with van der Waals surface area (Å²) in [5.74, 6) is 0.941. The third-order valence-corrected chi connectivity index (χ3v) is 11.7. The number of allylic oxidation sites excluding steroid dienone is 2. The molecule has 2 heterocycles. The minimum Gasteiger partial charge on any atom is -0.512 e. The van der Waals surface area contributed by atoms with Gasteiger partial charge in [-0.1, -0.05) is 117 Å². The van der Waals surface area contributed by atoms with Gasteiger partial charge in [0.15, 0.2) is 5.78 Å². The van der Waals surface area contributed by atoms with Crippen molar-refractivity contribution in [3.8, 4) is 21.8 Å². The number of aliphatic hydroxyl groups excluding tert-OH is 1. The maximum absolute atomic E-state index is 12.2. The molecule has 1 radical (unpaired) electrons. The largest absolute Gasteiger partial charge is 0.512 e. The Kier molecular flexibility index (Phi) is 14.5. The third kappa shape index (κ3) is 10.0. The molecule has 0 saturated heterocycles. The summed E-state index contributed by atoms with van der Waals surface area (Å²) in [4.78, 5) is 22.6. The van der Waals surface area contributed by atoms with Crippen LogP contribution in [0.3, 0.4) is 0 Å². The predicted octanol–water partition coefficient (Wildman–Crippen LogP) is 13.1. The van der Waals surface area contributed by atoms with Crippen LogP contribution < -0.4 is 0 Å². The standard InChI is InChI=1S/C30H29N2S.C15H28O2.Ir/c1-19(2)12-20-10-11-22-16-29(33-28(22)13-20)27-17-26(31-18-32-27)23-14-21-8-6-7-9-24(21)25(15-23)30(3,4)5;1-7-14(5,8-2)12(16)11-13(17)15(6,9-3)10-4;/h6-11,13,15-19H,12H2,1-5H3;11,16H,7-10H2,1-6H3;/q-1;;/b;12-11-;. The second-order valence-corrected chi connectivity index (χ2v) is 16.8. The average Bonchev–Trinajstić information content (AvgIpc) is 3.53. The number of rotatable bonds is 11. The van der Waals surface area contributed by atoms with Crippen LogP contribution in [0.25, 0.3) is 42.7 Å². The second kappa shape index (κ2) is 17.6. The maximum atomic E-state index is 12.2. The quantitative estimate of drug-likeness (QED) is 0.0815. The van der Waals surface area contributed by atoms with Gasteiger partial charge in [0.25, 0.3) is 0 Å². The number of aromatic nitrogens is 2. The first-order chi connectivity index (χ1) is 23.6. The molecule has 0 saturated carbocycles. The van der Waals surface area contributed by atoms with E-state index in [2.05, 4.69) is 111 Å². The van der Waals surface area contributed by atoms with Crippen LogP contribution >= 0.6 is 11.3 Å². The first-order valence-corrected chi connectivity index (χ1v) is 19.2. The molecule has 0 aliphatic heterocycles. The molecule has 0 bridgehead atoms. The van der Waals surface area contributed by atoms with Gasteiger partial charge >= 0.3 is 0 Å². The number of hydrogen-bond donors (Lipinski definition) is 1. The molecule has 1 N–H and O–H groups in total. The summed E-state index contributed by atoms with van der Waals surface area (Å²) in [6, 6.07) is 25.5. The van der Waals surface area contributed by atoms with E-state index in [1.54, 1.807) is 17.7 Å². The van der Waals surface area contributed by atoms with Gasteiger partial charge in [-0.05, 0) is 72.6 Å². The smallest absolute Gasteiger partial charge is 0.164 e. The number of aliphatic hydroxyl groups is 1. The van der Waals surface area contributed by atoms with Crippen molar-refractivity contribution in [2.45, 2.75) is 114 Å². The van der Waals surface area contributed by atoms with Gasteiger partial charge in [0.1, 0.15) is 12.1 Å². The summed E-state index contributed by atoms with van der Waals surface area (Å²) in [6.45, 7) is 23.4. The number of hydrogen-bond acceptors (Lipinski definition) is 5. The topological polar surface area (TPSA) is 63.1 Å². The summed E-state index contributed by atoms with van der Waals surface area (Å²) in [6.07, 6.45) is 7.54. The molecule has 0 amide bonds. The van der Waals surface area contributed by atoms with E-state index in [0.29, 0.717) is 5.92 Å². The number of carbonyl (C=O) groups excluding carboxylic acids is 1. The Morgan fingerprint density at radius 3 is 2.08 bits per heavy atom. The van der Waals surface area contributed by atoms with Crippen LogP contribution in [-0.2, 0) is 36.7 Å². The van der Waals surface area contributed by atoms with E-state index in [1.165, 1.54) is 37.6 Å². The molecule has 0 atom stereocenters. The maximum Gasteiger partial charge on any atom is 0.164 e. The Morgan fingerprint density at radius 1 is 0.843 bits per heavy atom. The molecule has 6 heteroatoms. The molecule has 5 aromatic rings. The van der Waals surface area contributed by atoms with Crippen molar-refractivity contribution in [3.63, 3.8) is 0 Å². The van der Waals surface area contributed by atoms with E-state index < -0.39 is 0 Å². The molecule has 275 valence electrons. The zero-order chi connectivity index (χ0) is 36.9. The molecule has 51 heavy (non-hydrogen) atoms. The SMILES string of the molecule is CC(C)Cc1ccc2cc(-c3cc(-c4[c-]c5ccccc5c(C(C)(C)C)c4)ncn3)sc2c1.CCC(C)(CC)C(=O)/C=C(\O)C(C)(CC)CC.[Ir]. The first-order valence-electron chi connectivity index (χ1n) is 18.3. The summed E-state index contributed by atoms with van der Waals surface area (Å²) >= 11 is 1.81. The zero-order valence-corrected chi connectivity index (χ0v) is 35.7. The van der Waals surface area contributed by atoms with Crippen LogP contribution in [0.5, 0.6) is 0 Å². The van der Waals surface area contributed by atoms with Crippen LogP contribution in [0.2, 0.25) is 0 Å². The van der Waals surface area contributed by atoms with E-state index in [0.717, 1.165) is 54.4 Å². The van der Waals surface area contributed by atoms with Crippen LogP contribution in [-0.4, -0.2) is 20.9 Å². The minimum absolute atomic E-state index is 0. The molecule has 2 aromatic heterocycles.